The highest BCUT2D eigenvalue weighted by Crippen LogP contribution is 2.26. The Balaban J connectivity index is 2.32. The number of benzene rings is 2. The highest BCUT2D eigenvalue weighted by molar-refractivity contribution is 5.94. The number of hydrogen-bond acceptors (Lipinski definition) is 3. The van der Waals surface area contributed by atoms with Crippen LogP contribution in [-0.4, -0.2) is 22.1 Å². The van der Waals surface area contributed by atoms with Gasteiger partial charge in [-0.1, -0.05) is 48.5 Å². The first-order valence-electron chi connectivity index (χ1n) is 7.77. The lowest BCUT2D eigenvalue weighted by Crippen LogP contribution is -2.16. The fraction of sp³-hybridized carbons (Fsp3) is 0.158. The predicted octanol–water partition coefficient (Wildman–Crippen LogP) is 3.32. The van der Waals surface area contributed by atoms with E-state index in [2.05, 4.69) is 4.98 Å². The van der Waals surface area contributed by atoms with Crippen molar-refractivity contribution in [2.24, 2.45) is 0 Å². The Morgan fingerprint density at radius 3 is 2.42 bits per heavy atom. The molecule has 0 saturated heterocycles. The molecule has 0 unspecified atom stereocenters. The van der Waals surface area contributed by atoms with Gasteiger partial charge in [-0.25, -0.2) is 9.59 Å². The summed E-state index contributed by atoms with van der Waals surface area (Å²) in [5, 5.41) is 0. The molecule has 0 aliphatic carbocycles. The van der Waals surface area contributed by atoms with Crippen molar-refractivity contribution in [1.29, 1.82) is 0 Å². The van der Waals surface area contributed by atoms with Crippen molar-refractivity contribution in [2.75, 3.05) is 6.61 Å². The molecule has 0 spiro atoms. The molecule has 1 heterocycles. The number of para-hydroxylation sites is 1. The molecular formula is C19H18N2O3. The second-order valence-corrected chi connectivity index (χ2v) is 5.36. The van der Waals surface area contributed by atoms with Gasteiger partial charge < -0.3 is 4.74 Å². The number of esters is 1. The maximum absolute atomic E-state index is 12.6. The first-order chi connectivity index (χ1) is 11.6. The summed E-state index contributed by atoms with van der Waals surface area (Å²) >= 11 is 0. The summed E-state index contributed by atoms with van der Waals surface area (Å²) < 4.78 is 6.63. The summed E-state index contributed by atoms with van der Waals surface area (Å²) in [4.78, 5) is 27.6. The largest absolute Gasteiger partial charge is 0.461 e. The van der Waals surface area contributed by atoms with Gasteiger partial charge in [0.1, 0.15) is 0 Å². The van der Waals surface area contributed by atoms with Gasteiger partial charge in [-0.15, -0.1) is 0 Å². The van der Waals surface area contributed by atoms with Crippen molar-refractivity contribution in [1.82, 2.24) is 9.55 Å². The Kier molecular flexibility index (Phi) is 4.33. The van der Waals surface area contributed by atoms with Gasteiger partial charge in [0.05, 0.1) is 18.0 Å². The standard InChI is InChI=1S/C19H18N2O3/c1-3-24-18(22)16-17(14-10-5-4-6-11-14)21(19(23)20-16)15-12-8-7-9-13(15)2/h4-12H,3H2,1-2H3,(H,20,23). The molecule has 0 atom stereocenters. The average molecular weight is 322 g/mol. The lowest BCUT2D eigenvalue weighted by Gasteiger charge is -2.11. The summed E-state index contributed by atoms with van der Waals surface area (Å²) in [5.41, 5.74) is 2.73. The van der Waals surface area contributed by atoms with Gasteiger partial charge in [0, 0.05) is 5.56 Å². The van der Waals surface area contributed by atoms with Crippen LogP contribution < -0.4 is 5.69 Å². The molecule has 0 radical (unpaired) electrons. The second kappa shape index (κ2) is 6.58. The van der Waals surface area contributed by atoms with Crippen LogP contribution in [0.2, 0.25) is 0 Å². The van der Waals surface area contributed by atoms with Crippen molar-refractivity contribution < 1.29 is 9.53 Å². The number of aromatic amines is 1. The number of aromatic nitrogens is 2. The van der Waals surface area contributed by atoms with Gasteiger partial charge in [0.15, 0.2) is 5.69 Å². The van der Waals surface area contributed by atoms with Crippen LogP contribution in [0.1, 0.15) is 23.0 Å². The number of hydrogen-bond donors (Lipinski definition) is 1. The fourth-order valence-corrected chi connectivity index (χ4v) is 2.70. The quantitative estimate of drug-likeness (QED) is 0.750. The van der Waals surface area contributed by atoms with E-state index in [1.54, 1.807) is 6.92 Å². The summed E-state index contributed by atoms with van der Waals surface area (Å²) in [6.07, 6.45) is 0. The Morgan fingerprint density at radius 1 is 1.08 bits per heavy atom. The molecule has 24 heavy (non-hydrogen) atoms. The predicted molar refractivity (Wildman–Crippen MR) is 92.5 cm³/mol. The van der Waals surface area contributed by atoms with Crippen molar-refractivity contribution in [3.05, 3.63) is 76.3 Å². The first-order valence-corrected chi connectivity index (χ1v) is 7.77. The molecule has 0 saturated carbocycles. The highest BCUT2D eigenvalue weighted by atomic mass is 16.5. The van der Waals surface area contributed by atoms with E-state index < -0.39 is 5.97 Å². The zero-order valence-corrected chi connectivity index (χ0v) is 13.6. The third-order valence-corrected chi connectivity index (χ3v) is 3.78. The molecule has 0 aliphatic heterocycles. The molecule has 3 rings (SSSR count). The van der Waals surface area contributed by atoms with E-state index in [0.29, 0.717) is 5.69 Å². The van der Waals surface area contributed by atoms with Gasteiger partial charge >= 0.3 is 11.7 Å². The van der Waals surface area contributed by atoms with Crippen LogP contribution in [0.4, 0.5) is 0 Å². The molecule has 0 aliphatic rings. The molecule has 1 aromatic heterocycles. The molecular weight excluding hydrogens is 304 g/mol. The van der Waals surface area contributed by atoms with E-state index in [1.165, 1.54) is 4.57 Å². The van der Waals surface area contributed by atoms with Gasteiger partial charge in [0.25, 0.3) is 0 Å². The molecule has 2 aromatic carbocycles. The number of H-pyrrole nitrogens is 1. The van der Waals surface area contributed by atoms with Gasteiger partial charge in [0.2, 0.25) is 0 Å². The maximum atomic E-state index is 12.6. The summed E-state index contributed by atoms with van der Waals surface area (Å²) in [7, 11) is 0. The molecule has 0 amide bonds. The Labute approximate surface area is 139 Å². The van der Waals surface area contributed by atoms with E-state index >= 15 is 0 Å². The number of imidazole rings is 1. The number of carbonyl (C=O) groups excluding carboxylic acids is 1. The van der Waals surface area contributed by atoms with Crippen LogP contribution in [0.5, 0.6) is 0 Å². The van der Waals surface area contributed by atoms with Crippen LogP contribution in [-0.2, 0) is 4.74 Å². The van der Waals surface area contributed by atoms with Crippen molar-refractivity contribution in [3.63, 3.8) is 0 Å². The molecule has 5 heteroatoms. The van der Waals surface area contributed by atoms with Crippen LogP contribution in [0.3, 0.4) is 0 Å². The third kappa shape index (κ3) is 2.76. The fourth-order valence-electron chi connectivity index (χ4n) is 2.70. The number of nitrogens with one attached hydrogen (secondary N) is 1. The monoisotopic (exact) mass is 322 g/mol. The Morgan fingerprint density at radius 2 is 1.75 bits per heavy atom. The van der Waals surface area contributed by atoms with Gasteiger partial charge in [-0.2, -0.15) is 0 Å². The minimum Gasteiger partial charge on any atom is -0.461 e. The second-order valence-electron chi connectivity index (χ2n) is 5.36. The lowest BCUT2D eigenvalue weighted by molar-refractivity contribution is 0.0521. The summed E-state index contributed by atoms with van der Waals surface area (Å²) in [5.74, 6) is -0.541. The van der Waals surface area contributed by atoms with E-state index in [9.17, 15) is 9.59 Å². The zero-order chi connectivity index (χ0) is 17.1. The van der Waals surface area contributed by atoms with Gasteiger partial charge in [-0.3, -0.25) is 9.55 Å². The Hall–Kier alpha value is -3.08. The van der Waals surface area contributed by atoms with E-state index in [-0.39, 0.29) is 18.0 Å². The third-order valence-electron chi connectivity index (χ3n) is 3.78. The molecule has 5 nitrogen and oxygen atoms in total. The van der Waals surface area contributed by atoms with Crippen LogP contribution in [0.15, 0.2) is 59.4 Å². The van der Waals surface area contributed by atoms with Crippen molar-refractivity contribution in [3.8, 4) is 16.9 Å². The molecule has 1 N–H and O–H groups in total. The molecule has 0 fully saturated rings. The first kappa shape index (κ1) is 15.8. The number of aryl methyl sites for hydroxylation is 1. The minimum absolute atomic E-state index is 0.163. The van der Waals surface area contributed by atoms with Crippen LogP contribution >= 0.6 is 0 Å². The summed E-state index contributed by atoms with van der Waals surface area (Å²) in [6, 6.07) is 16.9. The lowest BCUT2D eigenvalue weighted by atomic mass is 10.1. The maximum Gasteiger partial charge on any atom is 0.357 e. The van der Waals surface area contributed by atoms with Gasteiger partial charge in [-0.05, 0) is 25.5 Å². The van der Waals surface area contributed by atoms with E-state index in [4.69, 9.17) is 4.74 Å². The SMILES string of the molecule is CCOC(=O)c1[nH]c(=O)n(-c2ccccc2C)c1-c1ccccc1. The Bertz CT molecular complexity index is 923. The van der Waals surface area contributed by atoms with E-state index in [1.807, 2.05) is 61.5 Å². The molecule has 122 valence electrons. The summed E-state index contributed by atoms with van der Waals surface area (Å²) in [6.45, 7) is 3.90. The zero-order valence-electron chi connectivity index (χ0n) is 13.6. The number of ether oxygens (including phenoxy) is 1. The number of carbonyl (C=O) groups is 1. The van der Waals surface area contributed by atoms with Crippen molar-refractivity contribution in [2.45, 2.75) is 13.8 Å². The molecule has 0 bridgehead atoms. The average Bonchev–Trinajstić information content (AvgIpc) is 2.94. The smallest absolute Gasteiger partial charge is 0.357 e. The van der Waals surface area contributed by atoms with Crippen molar-refractivity contribution >= 4 is 5.97 Å². The topological polar surface area (TPSA) is 64.1 Å². The van der Waals surface area contributed by atoms with E-state index in [0.717, 1.165) is 16.8 Å². The highest BCUT2D eigenvalue weighted by Gasteiger charge is 2.23. The van der Waals surface area contributed by atoms with Crippen LogP contribution in [0.25, 0.3) is 16.9 Å². The number of nitrogens with zero attached hydrogens (tertiary/aromatic N) is 1. The minimum atomic E-state index is -0.541. The molecule has 3 aromatic rings. The van der Waals surface area contributed by atoms with Crippen LogP contribution in [0, 0.1) is 6.92 Å². The normalized spacial score (nSPS) is 10.6. The number of rotatable bonds is 4.